The van der Waals surface area contributed by atoms with Gasteiger partial charge < -0.3 is 19.7 Å². The highest BCUT2D eigenvalue weighted by Gasteiger charge is 2.09. The summed E-state index contributed by atoms with van der Waals surface area (Å²) in [6.45, 7) is 5.52. The van der Waals surface area contributed by atoms with E-state index in [1.54, 1.807) is 7.11 Å². The molecule has 20 heavy (non-hydrogen) atoms. The van der Waals surface area contributed by atoms with E-state index in [0.29, 0.717) is 6.61 Å². The number of nitrogens with zero attached hydrogens (tertiary/aromatic N) is 1. The summed E-state index contributed by atoms with van der Waals surface area (Å²) in [5, 5.41) is 3.45. The summed E-state index contributed by atoms with van der Waals surface area (Å²) in [7, 11) is 5.84. The van der Waals surface area contributed by atoms with Crippen LogP contribution in [0.2, 0.25) is 0 Å². The first kappa shape index (κ1) is 17.3. The van der Waals surface area contributed by atoms with Gasteiger partial charge in [-0.1, -0.05) is 15.9 Å². The third-order valence-electron chi connectivity index (χ3n) is 2.91. The molecule has 0 aliphatic carbocycles. The van der Waals surface area contributed by atoms with E-state index in [1.165, 1.54) is 5.56 Å². The van der Waals surface area contributed by atoms with E-state index in [4.69, 9.17) is 9.47 Å². The van der Waals surface area contributed by atoms with Crippen LogP contribution < -0.4 is 14.8 Å². The molecule has 0 saturated carbocycles. The molecular weight excluding hydrogens is 320 g/mol. The molecule has 1 aromatic carbocycles. The molecule has 1 aromatic rings. The molecule has 0 aliphatic heterocycles. The van der Waals surface area contributed by atoms with Gasteiger partial charge in [-0.05, 0) is 58.2 Å². The van der Waals surface area contributed by atoms with Gasteiger partial charge in [-0.3, -0.25) is 0 Å². The first-order chi connectivity index (χ1) is 9.58. The highest BCUT2D eigenvalue weighted by Crippen LogP contribution is 2.33. The Balaban J connectivity index is 2.58. The summed E-state index contributed by atoms with van der Waals surface area (Å²) in [4.78, 5) is 2.19. The van der Waals surface area contributed by atoms with Crippen LogP contribution in [0.4, 0.5) is 0 Å². The summed E-state index contributed by atoms with van der Waals surface area (Å²) in [6.07, 6.45) is 1.14. The molecule has 0 heterocycles. The number of rotatable bonds is 9. The van der Waals surface area contributed by atoms with E-state index in [-0.39, 0.29) is 0 Å². The fraction of sp³-hybridized carbons (Fsp3) is 0.600. The van der Waals surface area contributed by atoms with Crippen LogP contribution in [0, 0.1) is 0 Å². The van der Waals surface area contributed by atoms with Gasteiger partial charge in [0.25, 0.3) is 0 Å². The van der Waals surface area contributed by atoms with Crippen molar-refractivity contribution in [3.63, 3.8) is 0 Å². The largest absolute Gasteiger partial charge is 0.493 e. The molecule has 5 heteroatoms. The Labute approximate surface area is 130 Å². The highest BCUT2D eigenvalue weighted by atomic mass is 79.9. The normalized spacial score (nSPS) is 10.9. The zero-order chi connectivity index (χ0) is 15.0. The lowest BCUT2D eigenvalue weighted by Gasteiger charge is -2.14. The van der Waals surface area contributed by atoms with Gasteiger partial charge in [0.1, 0.15) is 0 Å². The maximum atomic E-state index is 5.60. The Hall–Kier alpha value is -0.780. The van der Waals surface area contributed by atoms with E-state index in [0.717, 1.165) is 42.0 Å². The minimum absolute atomic E-state index is 0.633. The molecule has 0 bridgehead atoms. The Bertz CT molecular complexity index is 411. The third-order valence-corrected chi connectivity index (χ3v) is 3.65. The number of hydrogen-bond acceptors (Lipinski definition) is 4. The van der Waals surface area contributed by atoms with Crippen molar-refractivity contribution in [2.75, 3.05) is 40.9 Å². The molecule has 1 rings (SSSR count). The lowest BCUT2D eigenvalue weighted by molar-refractivity contribution is 0.310. The summed E-state index contributed by atoms with van der Waals surface area (Å²) >= 11 is 3.58. The maximum absolute atomic E-state index is 5.60. The fourth-order valence-corrected chi connectivity index (χ4v) is 2.35. The molecule has 4 nitrogen and oxygen atoms in total. The van der Waals surface area contributed by atoms with Gasteiger partial charge in [-0.15, -0.1) is 0 Å². The predicted molar refractivity (Wildman–Crippen MR) is 86.7 cm³/mol. The molecule has 0 saturated heterocycles. The highest BCUT2D eigenvalue weighted by molar-refractivity contribution is 9.10. The van der Waals surface area contributed by atoms with Crippen LogP contribution in [0.1, 0.15) is 18.9 Å². The predicted octanol–water partition coefficient (Wildman–Crippen LogP) is 2.90. The first-order valence-electron chi connectivity index (χ1n) is 6.93. The van der Waals surface area contributed by atoms with Gasteiger partial charge in [-0.2, -0.15) is 0 Å². The smallest absolute Gasteiger partial charge is 0.161 e. The molecule has 114 valence electrons. The van der Waals surface area contributed by atoms with Crippen molar-refractivity contribution < 1.29 is 9.47 Å². The average Bonchev–Trinajstić information content (AvgIpc) is 2.41. The molecule has 0 aromatic heterocycles. The SMILES string of the molecule is CCOc1cc(CNCCCN(C)C)c(Br)cc1OC. The molecule has 0 spiro atoms. The van der Waals surface area contributed by atoms with E-state index < -0.39 is 0 Å². The van der Waals surface area contributed by atoms with Crippen molar-refractivity contribution in [1.29, 1.82) is 0 Å². The zero-order valence-electron chi connectivity index (χ0n) is 12.8. The molecule has 0 amide bonds. The van der Waals surface area contributed by atoms with Crippen molar-refractivity contribution >= 4 is 15.9 Å². The second kappa shape index (κ2) is 9.21. The van der Waals surface area contributed by atoms with Gasteiger partial charge in [0.15, 0.2) is 11.5 Å². The van der Waals surface area contributed by atoms with Crippen LogP contribution in [-0.2, 0) is 6.54 Å². The van der Waals surface area contributed by atoms with Crippen LogP contribution in [0.25, 0.3) is 0 Å². The quantitative estimate of drug-likeness (QED) is 0.698. The lowest BCUT2D eigenvalue weighted by Crippen LogP contribution is -2.21. The summed E-state index contributed by atoms with van der Waals surface area (Å²) < 4.78 is 12.0. The molecule has 1 N–H and O–H groups in total. The van der Waals surface area contributed by atoms with Crippen molar-refractivity contribution in [1.82, 2.24) is 10.2 Å². The second-order valence-electron chi connectivity index (χ2n) is 4.86. The molecule has 0 fully saturated rings. The Morgan fingerprint density at radius 2 is 2.00 bits per heavy atom. The fourth-order valence-electron chi connectivity index (χ4n) is 1.88. The third kappa shape index (κ3) is 5.69. The van der Waals surface area contributed by atoms with E-state index in [9.17, 15) is 0 Å². The minimum Gasteiger partial charge on any atom is -0.493 e. The van der Waals surface area contributed by atoms with Crippen LogP contribution in [0.15, 0.2) is 16.6 Å². The van der Waals surface area contributed by atoms with Gasteiger partial charge in [0, 0.05) is 11.0 Å². The average molecular weight is 345 g/mol. The molecule has 0 radical (unpaired) electrons. The first-order valence-corrected chi connectivity index (χ1v) is 7.72. The summed E-state index contributed by atoms with van der Waals surface area (Å²) in [6, 6.07) is 3.99. The van der Waals surface area contributed by atoms with E-state index >= 15 is 0 Å². The number of nitrogens with one attached hydrogen (secondary N) is 1. The zero-order valence-corrected chi connectivity index (χ0v) is 14.4. The Morgan fingerprint density at radius 3 is 2.60 bits per heavy atom. The van der Waals surface area contributed by atoms with Crippen molar-refractivity contribution in [3.05, 3.63) is 22.2 Å². The standard InChI is InChI=1S/C15H25BrN2O2/c1-5-20-15-9-12(13(16)10-14(15)19-4)11-17-7-6-8-18(2)3/h9-10,17H,5-8,11H2,1-4H3. The van der Waals surface area contributed by atoms with Crippen molar-refractivity contribution in [3.8, 4) is 11.5 Å². The molecule has 0 aliphatic rings. The lowest BCUT2D eigenvalue weighted by atomic mass is 10.2. The number of methoxy groups -OCH3 is 1. The Morgan fingerprint density at radius 1 is 1.25 bits per heavy atom. The van der Waals surface area contributed by atoms with Gasteiger partial charge in [0.05, 0.1) is 13.7 Å². The topological polar surface area (TPSA) is 33.7 Å². The van der Waals surface area contributed by atoms with Gasteiger partial charge in [0.2, 0.25) is 0 Å². The minimum atomic E-state index is 0.633. The number of ether oxygens (including phenoxy) is 2. The Kier molecular flexibility index (Phi) is 7.95. The second-order valence-corrected chi connectivity index (χ2v) is 5.72. The summed E-state index contributed by atoms with van der Waals surface area (Å²) in [5.41, 5.74) is 1.18. The number of hydrogen-bond donors (Lipinski definition) is 1. The monoisotopic (exact) mass is 344 g/mol. The van der Waals surface area contributed by atoms with Crippen molar-refractivity contribution in [2.24, 2.45) is 0 Å². The molecule has 0 unspecified atom stereocenters. The van der Waals surface area contributed by atoms with Crippen LogP contribution in [0.3, 0.4) is 0 Å². The van der Waals surface area contributed by atoms with Gasteiger partial charge in [-0.25, -0.2) is 0 Å². The van der Waals surface area contributed by atoms with Crippen molar-refractivity contribution in [2.45, 2.75) is 19.9 Å². The number of halogens is 1. The van der Waals surface area contributed by atoms with E-state index in [2.05, 4.69) is 40.2 Å². The van der Waals surface area contributed by atoms with Crippen LogP contribution >= 0.6 is 15.9 Å². The molecule has 0 atom stereocenters. The maximum Gasteiger partial charge on any atom is 0.161 e. The summed E-state index contributed by atoms with van der Waals surface area (Å²) in [5.74, 6) is 1.55. The van der Waals surface area contributed by atoms with Crippen LogP contribution in [-0.4, -0.2) is 45.8 Å². The van der Waals surface area contributed by atoms with E-state index in [1.807, 2.05) is 19.1 Å². The number of benzene rings is 1. The molecular formula is C15H25BrN2O2. The van der Waals surface area contributed by atoms with Crippen LogP contribution in [0.5, 0.6) is 11.5 Å². The van der Waals surface area contributed by atoms with Gasteiger partial charge >= 0.3 is 0 Å².